The average molecular weight is 635 g/mol. The van der Waals surface area contributed by atoms with Gasteiger partial charge in [-0.05, 0) is 42.6 Å². The van der Waals surface area contributed by atoms with Crippen molar-refractivity contribution < 1.29 is 31.5 Å². The van der Waals surface area contributed by atoms with Gasteiger partial charge in [-0.25, -0.2) is 23.3 Å². The van der Waals surface area contributed by atoms with E-state index in [1.807, 2.05) is 6.92 Å². The van der Waals surface area contributed by atoms with Gasteiger partial charge in [-0.1, -0.05) is 6.07 Å². The molecule has 6 heterocycles. The first kappa shape index (κ1) is 27.9. The molecule has 6 aromatic rings. The number of anilines is 1. The van der Waals surface area contributed by atoms with Crippen LogP contribution in [0.3, 0.4) is 0 Å². The fraction of sp³-hybridized carbons (Fsp3) is 0.115. The number of aryl methyl sites for hydroxylation is 1. The highest BCUT2D eigenvalue weighted by molar-refractivity contribution is 7.21. The smallest absolute Gasteiger partial charge is 0.365 e. The van der Waals surface area contributed by atoms with Gasteiger partial charge in [0.25, 0.3) is 18.2 Å². The minimum Gasteiger partial charge on any atom is -0.365 e. The summed E-state index contributed by atoms with van der Waals surface area (Å²) in [5, 5.41) is 8.26. The molecule has 0 saturated carbocycles. The number of nitrogens with zero attached hydrogens (tertiary/aromatic N) is 4. The van der Waals surface area contributed by atoms with Crippen molar-refractivity contribution in [2.45, 2.75) is 19.5 Å². The van der Waals surface area contributed by atoms with Gasteiger partial charge in [-0.15, -0.1) is 34.0 Å². The van der Waals surface area contributed by atoms with Gasteiger partial charge in [-0.2, -0.15) is 18.3 Å². The molecule has 0 aromatic carbocycles. The topological polar surface area (TPSA) is 115 Å². The minimum absolute atomic E-state index is 0.0227. The van der Waals surface area contributed by atoms with Gasteiger partial charge in [0.1, 0.15) is 15.4 Å². The summed E-state index contributed by atoms with van der Waals surface area (Å²) >= 11 is 3.21. The first-order chi connectivity index (χ1) is 19.9. The third kappa shape index (κ3) is 4.90. The standard InChI is InChI=1S/C26H15F5N6O2S3/c1-10-4-5-15(41-10)11-7-13(22(27)28)34-25-19(11)20(21(42-25)23(32)38)35-24(39)14-9-18-33-12(16-3-2-6-40-16)8-17(26(29,30)31)37(18)36-14/h2-9,22H,1H3,(H2,32,38)(H,35,39). The third-order valence-corrected chi connectivity index (χ3v) is 9.12. The number of fused-ring (bicyclic) bond motifs is 2. The van der Waals surface area contributed by atoms with Gasteiger partial charge < -0.3 is 11.1 Å². The second-order valence-electron chi connectivity index (χ2n) is 8.91. The number of nitrogens with two attached hydrogens (primary N) is 1. The zero-order chi connectivity index (χ0) is 29.9. The van der Waals surface area contributed by atoms with E-state index in [1.54, 1.807) is 29.6 Å². The van der Waals surface area contributed by atoms with Gasteiger partial charge in [0.2, 0.25) is 0 Å². The SMILES string of the molecule is Cc1ccc(-c2cc(C(F)F)nc3sc(C(N)=O)c(NC(=O)c4cc5nc(-c6cccs6)cc(C(F)(F)F)n5n4)c23)s1. The van der Waals surface area contributed by atoms with Crippen molar-refractivity contribution in [2.24, 2.45) is 5.73 Å². The highest BCUT2D eigenvalue weighted by Gasteiger charge is 2.36. The van der Waals surface area contributed by atoms with E-state index in [9.17, 15) is 31.5 Å². The highest BCUT2D eigenvalue weighted by atomic mass is 32.1. The van der Waals surface area contributed by atoms with Crippen LogP contribution < -0.4 is 11.1 Å². The lowest BCUT2D eigenvalue weighted by atomic mass is 10.1. The maximum Gasteiger partial charge on any atom is 0.433 e. The van der Waals surface area contributed by atoms with Crippen LogP contribution in [-0.4, -0.2) is 31.4 Å². The Balaban J connectivity index is 1.50. The van der Waals surface area contributed by atoms with Crippen LogP contribution in [0.1, 0.15) is 42.9 Å². The van der Waals surface area contributed by atoms with Crippen molar-refractivity contribution in [3.05, 3.63) is 74.7 Å². The summed E-state index contributed by atoms with van der Waals surface area (Å²) in [6.07, 6.45) is -7.74. The van der Waals surface area contributed by atoms with E-state index >= 15 is 0 Å². The maximum absolute atomic E-state index is 14.0. The van der Waals surface area contributed by atoms with Crippen LogP contribution in [0, 0.1) is 6.92 Å². The van der Waals surface area contributed by atoms with Crippen molar-refractivity contribution >= 4 is 67.4 Å². The number of aromatic nitrogens is 4. The van der Waals surface area contributed by atoms with Crippen molar-refractivity contribution in [3.8, 4) is 21.0 Å². The molecular weight excluding hydrogens is 620 g/mol. The number of rotatable bonds is 6. The van der Waals surface area contributed by atoms with Crippen LogP contribution in [0.2, 0.25) is 0 Å². The molecule has 0 saturated heterocycles. The van der Waals surface area contributed by atoms with Gasteiger partial charge >= 0.3 is 6.18 Å². The lowest BCUT2D eigenvalue weighted by molar-refractivity contribution is -0.142. The molecule has 6 aromatic heterocycles. The number of hydrogen-bond acceptors (Lipinski definition) is 8. The second-order valence-corrected chi connectivity index (χ2v) is 12.1. The van der Waals surface area contributed by atoms with Crippen LogP contribution in [0.25, 0.3) is 36.9 Å². The zero-order valence-electron chi connectivity index (χ0n) is 21.0. The molecule has 0 atom stereocenters. The zero-order valence-corrected chi connectivity index (χ0v) is 23.4. The maximum atomic E-state index is 14.0. The van der Waals surface area contributed by atoms with E-state index in [-0.39, 0.29) is 37.7 Å². The lowest BCUT2D eigenvalue weighted by Crippen LogP contribution is -2.18. The summed E-state index contributed by atoms with van der Waals surface area (Å²) in [6.45, 7) is 1.82. The summed E-state index contributed by atoms with van der Waals surface area (Å²) in [5.74, 6) is -1.93. The van der Waals surface area contributed by atoms with Crippen LogP contribution in [0.4, 0.5) is 27.6 Å². The van der Waals surface area contributed by atoms with Crippen molar-refractivity contribution in [1.82, 2.24) is 19.6 Å². The number of carbonyl (C=O) groups is 2. The van der Waals surface area contributed by atoms with Gasteiger partial charge in [-0.3, -0.25) is 9.59 Å². The molecule has 2 amide bonds. The number of hydrogen-bond donors (Lipinski definition) is 2. The normalized spacial score (nSPS) is 12.1. The number of halogens is 5. The Kier molecular flexibility index (Phi) is 6.78. The predicted octanol–water partition coefficient (Wildman–Crippen LogP) is 7.41. The molecular formula is C26H15F5N6O2S3. The highest BCUT2D eigenvalue weighted by Crippen LogP contribution is 2.44. The molecule has 0 fully saturated rings. The first-order valence-electron chi connectivity index (χ1n) is 11.9. The fourth-order valence-corrected chi connectivity index (χ4v) is 6.90. The fourth-order valence-electron chi connectivity index (χ4n) is 4.31. The number of alkyl halides is 5. The Hall–Kier alpha value is -4.28. The van der Waals surface area contributed by atoms with Crippen molar-refractivity contribution in [1.29, 1.82) is 0 Å². The summed E-state index contributed by atoms with van der Waals surface area (Å²) in [5.41, 5.74) is 3.44. The number of pyridine rings is 1. The average Bonchev–Trinajstić information content (AvgIpc) is 3.72. The van der Waals surface area contributed by atoms with Crippen molar-refractivity contribution in [3.63, 3.8) is 0 Å². The third-order valence-electron chi connectivity index (χ3n) is 6.10. The molecule has 0 aliphatic heterocycles. The number of amides is 2. The van der Waals surface area contributed by atoms with Crippen LogP contribution >= 0.6 is 34.0 Å². The molecule has 42 heavy (non-hydrogen) atoms. The van der Waals surface area contributed by atoms with Crippen molar-refractivity contribution in [2.75, 3.05) is 5.32 Å². The molecule has 0 aliphatic carbocycles. The molecule has 0 aliphatic rings. The van der Waals surface area contributed by atoms with E-state index in [0.717, 1.165) is 17.0 Å². The largest absolute Gasteiger partial charge is 0.433 e. The molecule has 3 N–H and O–H groups in total. The molecule has 0 unspecified atom stereocenters. The molecule has 16 heteroatoms. The summed E-state index contributed by atoms with van der Waals surface area (Å²) in [4.78, 5) is 35.8. The van der Waals surface area contributed by atoms with Crippen LogP contribution in [0.15, 0.2) is 47.8 Å². The molecule has 0 spiro atoms. The summed E-state index contributed by atoms with van der Waals surface area (Å²) in [6, 6.07) is 9.85. The predicted molar refractivity (Wildman–Crippen MR) is 150 cm³/mol. The number of thiophene rings is 3. The van der Waals surface area contributed by atoms with Gasteiger partial charge in [0, 0.05) is 26.8 Å². The van der Waals surface area contributed by atoms with Gasteiger partial charge in [0.05, 0.1) is 16.3 Å². The summed E-state index contributed by atoms with van der Waals surface area (Å²) < 4.78 is 69.9. The number of nitrogens with one attached hydrogen (secondary N) is 1. The Morgan fingerprint density at radius 1 is 1.05 bits per heavy atom. The Bertz CT molecular complexity index is 2010. The minimum atomic E-state index is -4.82. The number of primary amides is 1. The molecule has 6 rings (SSSR count). The Morgan fingerprint density at radius 3 is 2.45 bits per heavy atom. The number of carbonyl (C=O) groups excluding carboxylic acids is 2. The monoisotopic (exact) mass is 634 g/mol. The van der Waals surface area contributed by atoms with Crippen LogP contribution in [-0.2, 0) is 6.18 Å². The molecule has 0 bridgehead atoms. The summed E-state index contributed by atoms with van der Waals surface area (Å²) in [7, 11) is 0. The first-order valence-corrected chi connectivity index (χ1v) is 14.4. The quantitative estimate of drug-likeness (QED) is 0.185. The van der Waals surface area contributed by atoms with Gasteiger partial charge in [0.15, 0.2) is 17.0 Å². The Labute approximate surface area is 244 Å². The van der Waals surface area contributed by atoms with E-state index in [1.165, 1.54) is 28.7 Å². The van der Waals surface area contributed by atoms with E-state index in [0.29, 0.717) is 25.6 Å². The van der Waals surface area contributed by atoms with E-state index in [4.69, 9.17) is 5.73 Å². The molecule has 0 radical (unpaired) electrons. The Morgan fingerprint density at radius 2 is 1.83 bits per heavy atom. The van der Waals surface area contributed by atoms with E-state index in [2.05, 4.69) is 20.4 Å². The van der Waals surface area contributed by atoms with Crippen LogP contribution in [0.5, 0.6) is 0 Å². The molecule has 214 valence electrons. The molecule has 8 nitrogen and oxygen atoms in total. The lowest BCUT2D eigenvalue weighted by Gasteiger charge is -2.10. The second kappa shape index (κ2) is 10.2. The van der Waals surface area contributed by atoms with E-state index < -0.39 is 41.5 Å².